The van der Waals surface area contributed by atoms with Gasteiger partial charge in [0.25, 0.3) is 5.91 Å². The van der Waals surface area contributed by atoms with Crippen LogP contribution in [0.3, 0.4) is 0 Å². The Morgan fingerprint density at radius 2 is 2.05 bits per heavy atom. The second-order valence-corrected chi connectivity index (χ2v) is 5.93. The molecule has 1 saturated heterocycles. The minimum absolute atomic E-state index is 0.0653. The minimum atomic E-state index is -0.801. The number of hydrogen-bond acceptors (Lipinski definition) is 3. The van der Waals surface area contributed by atoms with Crippen molar-refractivity contribution in [3.63, 3.8) is 0 Å². The van der Waals surface area contributed by atoms with E-state index in [4.69, 9.17) is 21.4 Å². The molecule has 1 heterocycles. The van der Waals surface area contributed by atoms with E-state index in [2.05, 4.69) is 0 Å². The van der Waals surface area contributed by atoms with Crippen LogP contribution >= 0.6 is 11.6 Å². The Morgan fingerprint density at radius 3 is 2.62 bits per heavy atom. The SMILES string of the molecule is CC1(C(=O)O)CCN(C(=O)COc2cccc(Cl)c2)CC1. The Labute approximate surface area is 128 Å². The zero-order valence-electron chi connectivity index (χ0n) is 11.8. The lowest BCUT2D eigenvalue weighted by Crippen LogP contribution is -2.46. The molecule has 0 saturated carbocycles. The van der Waals surface area contributed by atoms with Gasteiger partial charge in [0.15, 0.2) is 6.61 Å². The summed E-state index contributed by atoms with van der Waals surface area (Å²) < 4.78 is 5.41. The van der Waals surface area contributed by atoms with Crippen LogP contribution in [0.5, 0.6) is 5.75 Å². The van der Waals surface area contributed by atoms with Gasteiger partial charge in [-0.25, -0.2) is 0 Å². The fourth-order valence-electron chi connectivity index (χ4n) is 2.26. The van der Waals surface area contributed by atoms with Crippen molar-refractivity contribution in [3.8, 4) is 5.75 Å². The molecule has 0 radical (unpaired) electrons. The standard InChI is InChI=1S/C15H18ClNO4/c1-15(14(19)20)5-7-17(8-6-15)13(18)10-21-12-4-2-3-11(16)9-12/h2-4,9H,5-8,10H2,1H3,(H,19,20). The van der Waals surface area contributed by atoms with Crippen LogP contribution in [0.15, 0.2) is 24.3 Å². The summed E-state index contributed by atoms with van der Waals surface area (Å²) >= 11 is 5.84. The van der Waals surface area contributed by atoms with Crippen molar-refractivity contribution in [2.75, 3.05) is 19.7 Å². The van der Waals surface area contributed by atoms with Crippen LogP contribution < -0.4 is 4.74 Å². The molecule has 0 aliphatic carbocycles. The van der Waals surface area contributed by atoms with Gasteiger partial charge in [-0.1, -0.05) is 17.7 Å². The molecule has 0 atom stereocenters. The summed E-state index contributed by atoms with van der Waals surface area (Å²) in [7, 11) is 0. The number of nitrogens with zero attached hydrogens (tertiary/aromatic N) is 1. The number of hydrogen-bond donors (Lipinski definition) is 1. The molecule has 0 spiro atoms. The van der Waals surface area contributed by atoms with Crippen LogP contribution in [-0.4, -0.2) is 41.6 Å². The number of halogens is 1. The molecule has 21 heavy (non-hydrogen) atoms. The predicted octanol–water partition coefficient (Wildman–Crippen LogP) is 2.43. The van der Waals surface area contributed by atoms with Gasteiger partial charge in [0.2, 0.25) is 0 Å². The number of carboxylic acid groups (broad SMARTS) is 1. The number of carbonyl (C=O) groups is 2. The highest BCUT2D eigenvalue weighted by atomic mass is 35.5. The maximum Gasteiger partial charge on any atom is 0.309 e. The van der Waals surface area contributed by atoms with Crippen molar-refractivity contribution in [2.45, 2.75) is 19.8 Å². The van der Waals surface area contributed by atoms with Crippen LogP contribution in [0.2, 0.25) is 5.02 Å². The van der Waals surface area contributed by atoms with Gasteiger partial charge in [-0.2, -0.15) is 0 Å². The summed E-state index contributed by atoms with van der Waals surface area (Å²) in [5.74, 6) is -0.393. The topological polar surface area (TPSA) is 66.8 Å². The third-order valence-electron chi connectivity index (χ3n) is 3.89. The molecular weight excluding hydrogens is 294 g/mol. The number of benzene rings is 1. The van der Waals surface area contributed by atoms with E-state index >= 15 is 0 Å². The summed E-state index contributed by atoms with van der Waals surface area (Å²) in [6.45, 7) is 2.55. The van der Waals surface area contributed by atoms with Crippen LogP contribution in [0, 0.1) is 5.41 Å². The van der Waals surface area contributed by atoms with Gasteiger partial charge < -0.3 is 14.7 Å². The van der Waals surface area contributed by atoms with Gasteiger partial charge >= 0.3 is 5.97 Å². The molecule has 1 amide bonds. The minimum Gasteiger partial charge on any atom is -0.484 e. The van der Waals surface area contributed by atoms with Crippen molar-refractivity contribution in [1.29, 1.82) is 0 Å². The summed E-state index contributed by atoms with van der Waals surface area (Å²) in [5.41, 5.74) is -0.732. The third-order valence-corrected chi connectivity index (χ3v) is 4.13. The van der Waals surface area contributed by atoms with Gasteiger partial charge in [0.1, 0.15) is 5.75 Å². The van der Waals surface area contributed by atoms with E-state index in [-0.39, 0.29) is 12.5 Å². The van der Waals surface area contributed by atoms with Gasteiger partial charge in [-0.05, 0) is 38.0 Å². The summed E-state index contributed by atoms with van der Waals surface area (Å²) in [6.07, 6.45) is 0.927. The maximum atomic E-state index is 12.1. The first-order chi connectivity index (χ1) is 9.90. The maximum absolute atomic E-state index is 12.1. The second-order valence-electron chi connectivity index (χ2n) is 5.49. The monoisotopic (exact) mass is 311 g/mol. The Kier molecular flexibility index (Phi) is 4.73. The first kappa shape index (κ1) is 15.6. The highest BCUT2D eigenvalue weighted by Crippen LogP contribution is 2.31. The highest BCUT2D eigenvalue weighted by Gasteiger charge is 2.37. The number of carbonyl (C=O) groups excluding carboxylic acids is 1. The predicted molar refractivity (Wildman–Crippen MR) is 78.5 cm³/mol. The zero-order valence-corrected chi connectivity index (χ0v) is 12.6. The number of piperidine rings is 1. The first-order valence-electron chi connectivity index (χ1n) is 6.80. The molecular formula is C15H18ClNO4. The molecule has 1 fully saturated rings. The number of carboxylic acids is 1. The Morgan fingerprint density at radius 1 is 1.38 bits per heavy atom. The summed E-state index contributed by atoms with van der Waals surface area (Å²) in [4.78, 5) is 24.9. The lowest BCUT2D eigenvalue weighted by atomic mass is 9.80. The molecule has 1 aliphatic heterocycles. The average molecular weight is 312 g/mol. The Bertz CT molecular complexity index is 538. The fraction of sp³-hybridized carbons (Fsp3) is 0.467. The molecule has 1 aliphatic rings. The molecule has 0 unspecified atom stereocenters. The quantitative estimate of drug-likeness (QED) is 0.927. The highest BCUT2D eigenvalue weighted by molar-refractivity contribution is 6.30. The molecule has 2 rings (SSSR count). The van der Waals surface area contributed by atoms with E-state index < -0.39 is 11.4 Å². The summed E-state index contributed by atoms with van der Waals surface area (Å²) in [5, 5.41) is 9.71. The molecule has 0 aromatic heterocycles. The fourth-order valence-corrected chi connectivity index (χ4v) is 2.44. The lowest BCUT2D eigenvalue weighted by Gasteiger charge is -2.36. The molecule has 5 nitrogen and oxygen atoms in total. The Hall–Kier alpha value is -1.75. The Balaban J connectivity index is 1.84. The van der Waals surface area contributed by atoms with Gasteiger partial charge in [0.05, 0.1) is 5.41 Å². The van der Waals surface area contributed by atoms with E-state index in [9.17, 15) is 9.59 Å². The number of likely N-dealkylation sites (tertiary alicyclic amines) is 1. The van der Waals surface area contributed by atoms with Crippen LogP contribution in [0.1, 0.15) is 19.8 Å². The van der Waals surface area contributed by atoms with E-state index in [1.807, 2.05) is 0 Å². The van der Waals surface area contributed by atoms with Gasteiger partial charge in [-0.3, -0.25) is 9.59 Å². The smallest absolute Gasteiger partial charge is 0.309 e. The largest absolute Gasteiger partial charge is 0.484 e. The zero-order chi connectivity index (χ0) is 15.5. The molecule has 1 N–H and O–H groups in total. The molecule has 114 valence electrons. The number of aliphatic carboxylic acids is 1. The number of amides is 1. The van der Waals surface area contributed by atoms with Crippen molar-refractivity contribution < 1.29 is 19.4 Å². The van der Waals surface area contributed by atoms with E-state index in [1.54, 1.807) is 36.1 Å². The molecule has 1 aromatic carbocycles. The van der Waals surface area contributed by atoms with E-state index in [0.29, 0.717) is 36.7 Å². The van der Waals surface area contributed by atoms with E-state index in [0.717, 1.165) is 0 Å². The molecule has 0 bridgehead atoms. The number of ether oxygens (including phenoxy) is 1. The third kappa shape index (κ3) is 3.88. The van der Waals surface area contributed by atoms with Gasteiger partial charge in [0, 0.05) is 18.1 Å². The average Bonchev–Trinajstić information content (AvgIpc) is 2.45. The molecule has 1 aromatic rings. The van der Waals surface area contributed by atoms with Crippen LogP contribution in [0.4, 0.5) is 0 Å². The number of rotatable bonds is 4. The van der Waals surface area contributed by atoms with Crippen molar-refractivity contribution in [2.24, 2.45) is 5.41 Å². The summed E-state index contributed by atoms with van der Waals surface area (Å²) in [6, 6.07) is 6.86. The molecule has 6 heteroatoms. The lowest BCUT2D eigenvalue weighted by molar-refractivity contribution is -0.153. The first-order valence-corrected chi connectivity index (χ1v) is 7.18. The van der Waals surface area contributed by atoms with Crippen LogP contribution in [-0.2, 0) is 9.59 Å². The van der Waals surface area contributed by atoms with Crippen molar-refractivity contribution >= 4 is 23.5 Å². The van der Waals surface area contributed by atoms with E-state index in [1.165, 1.54) is 0 Å². The van der Waals surface area contributed by atoms with Gasteiger partial charge in [-0.15, -0.1) is 0 Å². The van der Waals surface area contributed by atoms with Crippen LogP contribution in [0.25, 0.3) is 0 Å². The van der Waals surface area contributed by atoms with Crippen molar-refractivity contribution in [1.82, 2.24) is 4.90 Å². The normalized spacial score (nSPS) is 17.3. The second kappa shape index (κ2) is 6.35. The van der Waals surface area contributed by atoms with Crippen molar-refractivity contribution in [3.05, 3.63) is 29.3 Å².